The minimum absolute atomic E-state index is 0.0547. The summed E-state index contributed by atoms with van der Waals surface area (Å²) < 4.78 is 5.42. The van der Waals surface area contributed by atoms with Crippen molar-refractivity contribution in [2.75, 3.05) is 13.2 Å². The van der Waals surface area contributed by atoms with Crippen molar-refractivity contribution in [3.8, 4) is 5.75 Å². The molecule has 0 fully saturated rings. The first-order valence-electron chi connectivity index (χ1n) is 6.88. The Labute approximate surface area is 115 Å². The van der Waals surface area contributed by atoms with Gasteiger partial charge >= 0.3 is 0 Å². The lowest BCUT2D eigenvalue weighted by Crippen LogP contribution is -2.27. The molecular weight excluding hydrogens is 240 g/mol. The summed E-state index contributed by atoms with van der Waals surface area (Å²) >= 11 is 0. The van der Waals surface area contributed by atoms with Gasteiger partial charge in [-0.25, -0.2) is 0 Å². The van der Waals surface area contributed by atoms with Gasteiger partial charge in [0.25, 0.3) is 0 Å². The molecule has 0 bridgehead atoms. The van der Waals surface area contributed by atoms with E-state index in [-0.39, 0.29) is 11.8 Å². The fourth-order valence-electron chi connectivity index (χ4n) is 1.84. The van der Waals surface area contributed by atoms with Crippen LogP contribution in [0.25, 0.3) is 0 Å². The maximum absolute atomic E-state index is 11.8. The number of rotatable bonds is 8. The van der Waals surface area contributed by atoms with E-state index in [2.05, 4.69) is 12.2 Å². The van der Waals surface area contributed by atoms with Crippen LogP contribution in [0.1, 0.15) is 32.3 Å². The molecule has 0 radical (unpaired) electrons. The molecule has 1 aromatic carbocycles. The van der Waals surface area contributed by atoms with Crippen molar-refractivity contribution in [3.05, 3.63) is 29.8 Å². The van der Waals surface area contributed by atoms with Gasteiger partial charge in [0.05, 0.1) is 6.61 Å². The molecule has 3 N–H and O–H groups in total. The Morgan fingerprint density at radius 3 is 2.84 bits per heavy atom. The van der Waals surface area contributed by atoms with E-state index < -0.39 is 0 Å². The third kappa shape index (κ3) is 5.75. The van der Waals surface area contributed by atoms with Crippen LogP contribution in [-0.2, 0) is 11.3 Å². The molecule has 1 atom stereocenters. The van der Waals surface area contributed by atoms with Crippen LogP contribution in [0, 0.1) is 5.92 Å². The topological polar surface area (TPSA) is 64.3 Å². The highest BCUT2D eigenvalue weighted by atomic mass is 16.5. The average molecular weight is 264 g/mol. The summed E-state index contributed by atoms with van der Waals surface area (Å²) in [6.45, 7) is 5.73. The van der Waals surface area contributed by atoms with Gasteiger partial charge in [0, 0.05) is 13.0 Å². The highest BCUT2D eigenvalue weighted by molar-refractivity contribution is 5.76. The Bertz CT molecular complexity index is 389. The first-order valence-corrected chi connectivity index (χ1v) is 6.88. The summed E-state index contributed by atoms with van der Waals surface area (Å²) in [4.78, 5) is 11.8. The van der Waals surface area contributed by atoms with E-state index >= 15 is 0 Å². The molecule has 0 aromatic heterocycles. The lowest BCUT2D eigenvalue weighted by Gasteiger charge is -2.12. The van der Waals surface area contributed by atoms with Crippen LogP contribution >= 0.6 is 0 Å². The van der Waals surface area contributed by atoms with Crippen LogP contribution in [0.2, 0.25) is 0 Å². The molecular formula is C15H24N2O2. The fraction of sp³-hybridized carbons (Fsp3) is 0.533. The fourth-order valence-corrected chi connectivity index (χ4v) is 1.84. The molecule has 1 aromatic rings. The van der Waals surface area contributed by atoms with E-state index in [4.69, 9.17) is 10.5 Å². The van der Waals surface area contributed by atoms with E-state index in [0.717, 1.165) is 17.7 Å². The van der Waals surface area contributed by atoms with Crippen molar-refractivity contribution in [1.82, 2.24) is 5.32 Å². The predicted octanol–water partition coefficient (Wildman–Crippen LogP) is 2.08. The molecule has 0 aliphatic heterocycles. The summed E-state index contributed by atoms with van der Waals surface area (Å²) in [5, 5.41) is 2.92. The summed E-state index contributed by atoms with van der Waals surface area (Å²) in [5.74, 6) is 1.16. The van der Waals surface area contributed by atoms with Gasteiger partial charge in [-0.1, -0.05) is 25.5 Å². The van der Waals surface area contributed by atoms with E-state index in [1.807, 2.05) is 31.2 Å². The summed E-state index contributed by atoms with van der Waals surface area (Å²) in [6, 6.07) is 7.77. The molecule has 19 heavy (non-hydrogen) atoms. The SMILES string of the molecule is CCOc1cccc(CNC(=O)CC(CC)CN)c1. The number of ether oxygens (including phenoxy) is 1. The quantitative estimate of drug-likeness (QED) is 0.755. The molecule has 4 heteroatoms. The Kier molecular flexibility index (Phi) is 6.97. The van der Waals surface area contributed by atoms with Crippen molar-refractivity contribution in [2.24, 2.45) is 11.7 Å². The van der Waals surface area contributed by atoms with Crippen molar-refractivity contribution < 1.29 is 9.53 Å². The largest absolute Gasteiger partial charge is 0.494 e. The van der Waals surface area contributed by atoms with Crippen molar-refractivity contribution in [2.45, 2.75) is 33.2 Å². The lowest BCUT2D eigenvalue weighted by molar-refractivity contribution is -0.122. The van der Waals surface area contributed by atoms with E-state index in [1.54, 1.807) is 0 Å². The van der Waals surface area contributed by atoms with Gasteiger partial charge in [0.15, 0.2) is 0 Å². The first-order chi connectivity index (χ1) is 9.19. The highest BCUT2D eigenvalue weighted by Gasteiger charge is 2.10. The average Bonchev–Trinajstić information content (AvgIpc) is 2.43. The van der Waals surface area contributed by atoms with Gasteiger partial charge in [-0.15, -0.1) is 0 Å². The van der Waals surface area contributed by atoms with Crippen LogP contribution < -0.4 is 15.8 Å². The third-order valence-corrected chi connectivity index (χ3v) is 3.08. The minimum Gasteiger partial charge on any atom is -0.494 e. The Hall–Kier alpha value is -1.55. The zero-order valence-electron chi connectivity index (χ0n) is 11.8. The van der Waals surface area contributed by atoms with Crippen molar-refractivity contribution in [3.63, 3.8) is 0 Å². The van der Waals surface area contributed by atoms with Crippen LogP contribution in [0.4, 0.5) is 0 Å². The number of nitrogens with one attached hydrogen (secondary N) is 1. The maximum Gasteiger partial charge on any atom is 0.220 e. The first kappa shape index (κ1) is 15.5. The zero-order valence-corrected chi connectivity index (χ0v) is 11.8. The number of hydrogen-bond acceptors (Lipinski definition) is 3. The Morgan fingerprint density at radius 2 is 2.21 bits per heavy atom. The second-order valence-corrected chi connectivity index (χ2v) is 4.57. The second kappa shape index (κ2) is 8.53. The number of carbonyl (C=O) groups is 1. The maximum atomic E-state index is 11.8. The highest BCUT2D eigenvalue weighted by Crippen LogP contribution is 2.13. The van der Waals surface area contributed by atoms with Gasteiger partial charge in [0.2, 0.25) is 5.91 Å². The summed E-state index contributed by atoms with van der Waals surface area (Å²) in [6.07, 6.45) is 1.43. The number of benzene rings is 1. The monoisotopic (exact) mass is 264 g/mol. The lowest BCUT2D eigenvalue weighted by atomic mass is 10.0. The van der Waals surface area contributed by atoms with Crippen molar-refractivity contribution >= 4 is 5.91 Å². The number of hydrogen-bond donors (Lipinski definition) is 2. The molecule has 0 saturated heterocycles. The third-order valence-electron chi connectivity index (χ3n) is 3.08. The van der Waals surface area contributed by atoms with Gasteiger partial charge in [-0.3, -0.25) is 4.79 Å². The Morgan fingerprint density at radius 1 is 1.42 bits per heavy atom. The van der Waals surface area contributed by atoms with E-state index in [1.165, 1.54) is 0 Å². The number of amides is 1. The molecule has 0 heterocycles. The second-order valence-electron chi connectivity index (χ2n) is 4.57. The molecule has 1 amide bonds. The summed E-state index contributed by atoms with van der Waals surface area (Å²) in [5.41, 5.74) is 6.64. The van der Waals surface area contributed by atoms with Gasteiger partial charge < -0.3 is 15.8 Å². The van der Waals surface area contributed by atoms with Crippen LogP contribution in [0.3, 0.4) is 0 Å². The van der Waals surface area contributed by atoms with E-state index in [0.29, 0.717) is 26.1 Å². The minimum atomic E-state index is 0.0547. The van der Waals surface area contributed by atoms with Gasteiger partial charge in [-0.2, -0.15) is 0 Å². The molecule has 0 saturated carbocycles. The predicted molar refractivity (Wildman–Crippen MR) is 76.9 cm³/mol. The van der Waals surface area contributed by atoms with Crippen LogP contribution in [0.5, 0.6) is 5.75 Å². The molecule has 0 aliphatic rings. The van der Waals surface area contributed by atoms with Gasteiger partial charge in [0.1, 0.15) is 5.75 Å². The smallest absolute Gasteiger partial charge is 0.220 e. The molecule has 1 rings (SSSR count). The molecule has 0 aliphatic carbocycles. The van der Waals surface area contributed by atoms with E-state index in [9.17, 15) is 4.79 Å². The standard InChI is InChI=1S/C15H24N2O2/c1-3-12(10-16)9-15(18)17-11-13-6-5-7-14(8-13)19-4-2/h5-8,12H,3-4,9-11,16H2,1-2H3,(H,17,18). The normalized spacial score (nSPS) is 11.9. The number of nitrogens with two attached hydrogens (primary N) is 1. The van der Waals surface area contributed by atoms with Crippen LogP contribution in [-0.4, -0.2) is 19.1 Å². The molecule has 0 spiro atoms. The van der Waals surface area contributed by atoms with Crippen molar-refractivity contribution in [1.29, 1.82) is 0 Å². The van der Waals surface area contributed by atoms with Crippen LogP contribution in [0.15, 0.2) is 24.3 Å². The Balaban J connectivity index is 2.43. The summed E-state index contributed by atoms with van der Waals surface area (Å²) in [7, 11) is 0. The van der Waals surface area contributed by atoms with Gasteiger partial charge in [-0.05, 0) is 37.1 Å². The zero-order chi connectivity index (χ0) is 14.1. The molecule has 4 nitrogen and oxygen atoms in total. The number of carbonyl (C=O) groups excluding carboxylic acids is 1. The molecule has 106 valence electrons. The molecule has 1 unspecified atom stereocenters.